The Morgan fingerprint density at radius 2 is 2.00 bits per heavy atom. The summed E-state index contributed by atoms with van der Waals surface area (Å²) in [6.45, 7) is -2.95. The minimum Gasteiger partial charge on any atom is -0.435 e. The van der Waals surface area contributed by atoms with Crippen molar-refractivity contribution >= 4 is 28.8 Å². The molecule has 0 unspecified atom stereocenters. The fraction of sp³-hybridized carbons (Fsp3) is 0.0588. The molecule has 0 spiro atoms. The van der Waals surface area contributed by atoms with Crippen LogP contribution in [0.2, 0.25) is 5.02 Å². The van der Waals surface area contributed by atoms with Gasteiger partial charge in [-0.15, -0.1) is 0 Å². The van der Waals surface area contributed by atoms with E-state index in [1.807, 2.05) is 0 Å². The maximum Gasteiger partial charge on any atom is 0.387 e. The van der Waals surface area contributed by atoms with Crippen molar-refractivity contribution in [3.63, 3.8) is 0 Å². The molecular formula is C17H10ClF3N4O. The second-order valence-corrected chi connectivity index (χ2v) is 5.81. The van der Waals surface area contributed by atoms with Crippen LogP contribution in [-0.2, 0) is 0 Å². The van der Waals surface area contributed by atoms with Crippen LogP contribution < -0.4 is 10.1 Å². The average Bonchev–Trinajstić information content (AvgIpc) is 2.98. The van der Waals surface area contributed by atoms with Crippen LogP contribution in [0.1, 0.15) is 5.56 Å². The van der Waals surface area contributed by atoms with Gasteiger partial charge in [0, 0.05) is 11.3 Å². The van der Waals surface area contributed by atoms with E-state index >= 15 is 0 Å². The van der Waals surface area contributed by atoms with E-state index in [0.29, 0.717) is 22.6 Å². The Morgan fingerprint density at radius 3 is 2.77 bits per heavy atom. The number of aromatic nitrogens is 2. The minimum absolute atomic E-state index is 0.0199. The molecule has 9 heteroatoms. The number of anilines is 1. The molecule has 0 amide bonds. The quantitative estimate of drug-likeness (QED) is 0.676. The Bertz CT molecular complexity index is 999. The largest absolute Gasteiger partial charge is 0.435 e. The predicted molar refractivity (Wildman–Crippen MR) is 91.9 cm³/mol. The van der Waals surface area contributed by atoms with E-state index in [-0.39, 0.29) is 22.2 Å². The molecule has 1 aliphatic rings. The molecule has 0 saturated heterocycles. The molecule has 0 saturated carbocycles. The van der Waals surface area contributed by atoms with Gasteiger partial charge in [-0.05, 0) is 30.3 Å². The minimum atomic E-state index is -2.95. The summed E-state index contributed by atoms with van der Waals surface area (Å²) in [7, 11) is 0. The van der Waals surface area contributed by atoms with E-state index in [4.69, 9.17) is 11.6 Å². The van der Waals surface area contributed by atoms with Crippen molar-refractivity contribution in [2.24, 2.45) is 4.99 Å². The molecule has 2 heterocycles. The highest BCUT2D eigenvalue weighted by Crippen LogP contribution is 2.39. The van der Waals surface area contributed by atoms with Gasteiger partial charge in [-0.1, -0.05) is 17.7 Å². The highest BCUT2D eigenvalue weighted by Gasteiger charge is 2.23. The van der Waals surface area contributed by atoms with Crippen LogP contribution in [0.5, 0.6) is 5.75 Å². The van der Waals surface area contributed by atoms with Gasteiger partial charge in [-0.2, -0.15) is 13.9 Å². The third kappa shape index (κ3) is 2.88. The van der Waals surface area contributed by atoms with Crippen LogP contribution in [0.25, 0.3) is 11.3 Å². The van der Waals surface area contributed by atoms with Crippen molar-refractivity contribution in [2.45, 2.75) is 6.61 Å². The zero-order chi connectivity index (χ0) is 18.3. The number of fused-ring (bicyclic) bond motifs is 3. The number of hydrogen-bond acceptors (Lipinski definition) is 4. The number of aromatic amines is 1. The molecule has 1 aliphatic heterocycles. The van der Waals surface area contributed by atoms with Gasteiger partial charge < -0.3 is 10.1 Å². The third-order valence-electron chi connectivity index (χ3n) is 3.79. The Labute approximate surface area is 150 Å². The summed E-state index contributed by atoms with van der Waals surface area (Å²) < 4.78 is 43.8. The molecular weight excluding hydrogens is 369 g/mol. The van der Waals surface area contributed by atoms with E-state index in [1.54, 1.807) is 6.07 Å². The number of nitrogens with zero attached hydrogens (tertiary/aromatic N) is 2. The van der Waals surface area contributed by atoms with Gasteiger partial charge in [-0.3, -0.25) is 5.10 Å². The highest BCUT2D eigenvalue weighted by molar-refractivity contribution is 6.35. The van der Waals surface area contributed by atoms with Crippen LogP contribution in [0, 0.1) is 5.82 Å². The normalized spacial score (nSPS) is 12.7. The number of ether oxygens (including phenoxy) is 1. The van der Waals surface area contributed by atoms with Crippen LogP contribution in [0.15, 0.2) is 47.6 Å². The topological polar surface area (TPSA) is 62.3 Å². The molecule has 0 bridgehead atoms. The Balaban J connectivity index is 1.87. The van der Waals surface area contributed by atoms with Crippen LogP contribution in [0.3, 0.4) is 0 Å². The molecule has 5 nitrogen and oxygen atoms in total. The maximum absolute atomic E-state index is 14.3. The van der Waals surface area contributed by atoms with Gasteiger partial charge in [0.2, 0.25) is 0 Å². The molecule has 4 rings (SSSR count). The molecule has 132 valence electrons. The van der Waals surface area contributed by atoms with Gasteiger partial charge in [0.15, 0.2) is 0 Å². The summed E-state index contributed by atoms with van der Waals surface area (Å²) >= 11 is 6.14. The lowest BCUT2D eigenvalue weighted by atomic mass is 10.1. The van der Waals surface area contributed by atoms with Crippen molar-refractivity contribution < 1.29 is 17.9 Å². The van der Waals surface area contributed by atoms with Gasteiger partial charge in [0.25, 0.3) is 0 Å². The van der Waals surface area contributed by atoms with E-state index in [2.05, 4.69) is 25.2 Å². The summed E-state index contributed by atoms with van der Waals surface area (Å²) in [5.74, 6) is -0.389. The molecule has 2 N–H and O–H groups in total. The number of nitrogens with one attached hydrogen (secondary N) is 2. The smallest absolute Gasteiger partial charge is 0.387 e. The second kappa shape index (κ2) is 6.38. The van der Waals surface area contributed by atoms with Crippen molar-refractivity contribution in [3.8, 4) is 17.0 Å². The molecule has 26 heavy (non-hydrogen) atoms. The van der Waals surface area contributed by atoms with E-state index < -0.39 is 12.4 Å². The van der Waals surface area contributed by atoms with Gasteiger partial charge >= 0.3 is 6.61 Å². The van der Waals surface area contributed by atoms with Gasteiger partial charge in [0.05, 0.1) is 22.5 Å². The van der Waals surface area contributed by atoms with E-state index in [9.17, 15) is 13.2 Å². The van der Waals surface area contributed by atoms with Crippen LogP contribution >= 0.6 is 11.6 Å². The highest BCUT2D eigenvalue weighted by atomic mass is 35.5. The molecule has 2 aromatic carbocycles. The Kier molecular flexibility index (Phi) is 4.04. The standard InChI is InChI=1S/C17H10ClF3N4O/c18-10-2-1-3-11(19)14(10)16-23-12-5-4-8(26-17(20)21)6-9(12)15-13(24-16)7-22-25-15/h1-7,17H,(H,22,25)(H,23,24). The molecule has 1 aromatic heterocycles. The van der Waals surface area contributed by atoms with Crippen LogP contribution in [-0.4, -0.2) is 22.6 Å². The van der Waals surface area contributed by atoms with Crippen molar-refractivity contribution in [2.75, 3.05) is 5.32 Å². The lowest BCUT2D eigenvalue weighted by Gasteiger charge is -2.13. The zero-order valence-electron chi connectivity index (χ0n) is 12.9. The first kappa shape index (κ1) is 16.5. The third-order valence-corrected chi connectivity index (χ3v) is 4.10. The molecule has 0 fully saturated rings. The number of amidine groups is 1. The fourth-order valence-corrected chi connectivity index (χ4v) is 2.95. The number of aliphatic imine (C=N–C) groups is 1. The lowest BCUT2D eigenvalue weighted by molar-refractivity contribution is -0.0498. The number of halogens is 4. The first-order chi connectivity index (χ1) is 12.5. The first-order valence-electron chi connectivity index (χ1n) is 7.45. The maximum atomic E-state index is 14.3. The van der Waals surface area contributed by atoms with Crippen LogP contribution in [0.4, 0.5) is 24.5 Å². The summed E-state index contributed by atoms with van der Waals surface area (Å²) in [6.07, 6.45) is 1.45. The van der Waals surface area contributed by atoms with E-state index in [1.165, 1.54) is 36.5 Å². The average molecular weight is 379 g/mol. The molecule has 3 aromatic rings. The number of benzene rings is 2. The SMILES string of the molecule is Fc1cccc(Cl)c1C1=Nc2cn[nH]c2-c2cc(OC(F)F)ccc2N1. The number of hydrogen-bond donors (Lipinski definition) is 2. The summed E-state index contributed by atoms with van der Waals surface area (Å²) in [5.41, 5.74) is 1.99. The fourth-order valence-electron chi connectivity index (χ4n) is 2.70. The van der Waals surface area contributed by atoms with Gasteiger partial charge in [0.1, 0.15) is 23.1 Å². The summed E-state index contributed by atoms with van der Waals surface area (Å²) in [6, 6.07) is 8.64. The van der Waals surface area contributed by atoms with E-state index in [0.717, 1.165) is 0 Å². The first-order valence-corrected chi connectivity index (χ1v) is 7.83. The van der Waals surface area contributed by atoms with Crippen molar-refractivity contribution in [3.05, 3.63) is 59.0 Å². The monoisotopic (exact) mass is 378 g/mol. The number of rotatable bonds is 3. The number of alkyl halides is 2. The summed E-state index contributed by atoms with van der Waals surface area (Å²) in [4.78, 5) is 4.39. The Hall–Kier alpha value is -3.00. The molecule has 0 aliphatic carbocycles. The lowest BCUT2D eigenvalue weighted by Crippen LogP contribution is -2.15. The zero-order valence-corrected chi connectivity index (χ0v) is 13.7. The van der Waals surface area contributed by atoms with Gasteiger partial charge in [-0.25, -0.2) is 9.38 Å². The molecule has 0 atom stereocenters. The Morgan fingerprint density at radius 1 is 1.15 bits per heavy atom. The van der Waals surface area contributed by atoms with Crippen molar-refractivity contribution in [1.29, 1.82) is 0 Å². The second-order valence-electron chi connectivity index (χ2n) is 5.40. The number of H-pyrrole nitrogens is 1. The van der Waals surface area contributed by atoms with Crippen molar-refractivity contribution in [1.82, 2.24) is 10.2 Å². The predicted octanol–water partition coefficient (Wildman–Crippen LogP) is 4.97. The molecule has 0 radical (unpaired) electrons. The summed E-state index contributed by atoms with van der Waals surface area (Å²) in [5, 5.41) is 9.89.